The zero-order valence-electron chi connectivity index (χ0n) is 7.75. The van der Waals surface area contributed by atoms with Gasteiger partial charge >= 0.3 is 0 Å². The molecule has 14 heavy (non-hydrogen) atoms. The summed E-state index contributed by atoms with van der Waals surface area (Å²) in [4.78, 5) is 0. The number of ether oxygens (including phenoxy) is 1. The molecule has 72 valence electrons. The molecule has 0 fully saturated rings. The number of fused-ring (bicyclic) bond motifs is 1. The Morgan fingerprint density at radius 2 is 1.93 bits per heavy atom. The van der Waals surface area contributed by atoms with Crippen LogP contribution in [0.1, 0.15) is 0 Å². The molecule has 0 unspecified atom stereocenters. The first-order valence-electron chi connectivity index (χ1n) is 4.24. The van der Waals surface area contributed by atoms with Gasteiger partial charge in [0.15, 0.2) is 0 Å². The first-order chi connectivity index (χ1) is 6.72. The molecule has 0 atom stereocenters. The molecule has 0 saturated carbocycles. The van der Waals surface area contributed by atoms with Crippen LogP contribution in [-0.4, -0.2) is 7.11 Å². The smallest absolute Gasteiger partial charge is 0.126 e. The van der Waals surface area contributed by atoms with Crippen LogP contribution in [0.25, 0.3) is 10.8 Å². The van der Waals surface area contributed by atoms with Crippen LogP contribution in [0.3, 0.4) is 0 Å². The monoisotopic (exact) mass is 251 g/mol. The second-order valence-electron chi connectivity index (χ2n) is 3.05. The van der Waals surface area contributed by atoms with Crippen LogP contribution in [0.4, 0.5) is 5.69 Å². The molecule has 3 heteroatoms. The topological polar surface area (TPSA) is 35.2 Å². The quantitative estimate of drug-likeness (QED) is 0.791. The molecule has 2 nitrogen and oxygen atoms in total. The molecule has 2 aromatic rings. The normalized spacial score (nSPS) is 10.4. The van der Waals surface area contributed by atoms with Crippen molar-refractivity contribution >= 4 is 32.4 Å². The molecule has 0 aliphatic rings. The fraction of sp³-hybridized carbons (Fsp3) is 0.0909. The third-order valence-corrected chi connectivity index (χ3v) is 2.69. The number of hydrogen-bond donors (Lipinski definition) is 1. The van der Waals surface area contributed by atoms with Gasteiger partial charge in [0.25, 0.3) is 0 Å². The van der Waals surface area contributed by atoms with Crippen molar-refractivity contribution in [3.8, 4) is 5.75 Å². The van der Waals surface area contributed by atoms with E-state index in [2.05, 4.69) is 15.9 Å². The summed E-state index contributed by atoms with van der Waals surface area (Å²) in [5.41, 5.74) is 6.63. The summed E-state index contributed by atoms with van der Waals surface area (Å²) in [6.07, 6.45) is 0. The van der Waals surface area contributed by atoms with E-state index in [9.17, 15) is 0 Å². The van der Waals surface area contributed by atoms with Gasteiger partial charge in [-0.25, -0.2) is 0 Å². The SMILES string of the molecule is COc1ccc(N)c2ccc(Br)cc12. The van der Waals surface area contributed by atoms with Gasteiger partial charge in [0.2, 0.25) is 0 Å². The predicted octanol–water partition coefficient (Wildman–Crippen LogP) is 3.19. The van der Waals surface area contributed by atoms with E-state index in [1.54, 1.807) is 7.11 Å². The van der Waals surface area contributed by atoms with Crippen LogP contribution in [0.5, 0.6) is 5.75 Å². The van der Waals surface area contributed by atoms with Gasteiger partial charge in [-0.3, -0.25) is 0 Å². The van der Waals surface area contributed by atoms with Crippen LogP contribution in [0.15, 0.2) is 34.8 Å². The number of nitrogens with two attached hydrogens (primary N) is 1. The minimum Gasteiger partial charge on any atom is -0.496 e. The van der Waals surface area contributed by atoms with E-state index in [1.807, 2.05) is 30.3 Å². The highest BCUT2D eigenvalue weighted by Crippen LogP contribution is 2.31. The Labute approximate surface area is 90.8 Å². The fourth-order valence-corrected chi connectivity index (χ4v) is 1.86. The van der Waals surface area contributed by atoms with E-state index >= 15 is 0 Å². The number of nitrogen functional groups attached to an aromatic ring is 1. The van der Waals surface area contributed by atoms with E-state index < -0.39 is 0 Å². The van der Waals surface area contributed by atoms with Gasteiger partial charge in [0.1, 0.15) is 5.75 Å². The van der Waals surface area contributed by atoms with Gasteiger partial charge in [-0.2, -0.15) is 0 Å². The Morgan fingerprint density at radius 1 is 1.14 bits per heavy atom. The lowest BCUT2D eigenvalue weighted by Gasteiger charge is -2.07. The maximum Gasteiger partial charge on any atom is 0.126 e. The molecule has 0 heterocycles. The van der Waals surface area contributed by atoms with Crippen molar-refractivity contribution in [2.75, 3.05) is 12.8 Å². The molecule has 0 spiro atoms. The Kier molecular flexibility index (Phi) is 2.33. The summed E-state index contributed by atoms with van der Waals surface area (Å²) in [6.45, 7) is 0. The largest absolute Gasteiger partial charge is 0.496 e. The Morgan fingerprint density at radius 3 is 2.64 bits per heavy atom. The highest BCUT2D eigenvalue weighted by molar-refractivity contribution is 9.10. The third kappa shape index (κ3) is 1.44. The van der Waals surface area contributed by atoms with Crippen molar-refractivity contribution in [1.29, 1.82) is 0 Å². The molecular formula is C11H10BrNO. The van der Waals surface area contributed by atoms with Crippen LogP contribution in [0, 0.1) is 0 Å². The van der Waals surface area contributed by atoms with Crippen LogP contribution < -0.4 is 10.5 Å². The average molecular weight is 252 g/mol. The fourth-order valence-electron chi connectivity index (χ4n) is 1.50. The van der Waals surface area contributed by atoms with Crippen LogP contribution in [0.2, 0.25) is 0 Å². The molecule has 0 aromatic heterocycles. The zero-order chi connectivity index (χ0) is 10.1. The highest BCUT2D eigenvalue weighted by Gasteiger charge is 2.04. The van der Waals surface area contributed by atoms with E-state index in [-0.39, 0.29) is 0 Å². The summed E-state index contributed by atoms with van der Waals surface area (Å²) in [6, 6.07) is 9.69. The van der Waals surface area contributed by atoms with Crippen molar-refractivity contribution in [3.63, 3.8) is 0 Å². The van der Waals surface area contributed by atoms with Gasteiger partial charge in [-0.15, -0.1) is 0 Å². The van der Waals surface area contributed by atoms with Crippen molar-refractivity contribution in [1.82, 2.24) is 0 Å². The third-order valence-electron chi connectivity index (χ3n) is 2.19. The first kappa shape index (κ1) is 9.34. The minimum atomic E-state index is 0.772. The lowest BCUT2D eigenvalue weighted by Crippen LogP contribution is -1.90. The van der Waals surface area contributed by atoms with Crippen molar-refractivity contribution in [2.24, 2.45) is 0 Å². The van der Waals surface area contributed by atoms with Crippen LogP contribution in [-0.2, 0) is 0 Å². The highest BCUT2D eigenvalue weighted by atomic mass is 79.9. The maximum absolute atomic E-state index is 5.86. The van der Waals surface area contributed by atoms with Gasteiger partial charge in [-0.05, 0) is 24.3 Å². The number of halogens is 1. The number of anilines is 1. The van der Waals surface area contributed by atoms with E-state index in [1.165, 1.54) is 0 Å². The lowest BCUT2D eigenvalue weighted by atomic mass is 10.1. The second-order valence-corrected chi connectivity index (χ2v) is 3.96. The zero-order valence-corrected chi connectivity index (χ0v) is 9.34. The maximum atomic E-state index is 5.86. The van der Waals surface area contributed by atoms with Gasteiger partial charge in [-0.1, -0.05) is 22.0 Å². The van der Waals surface area contributed by atoms with Gasteiger partial charge in [0, 0.05) is 20.9 Å². The number of methoxy groups -OCH3 is 1. The predicted molar refractivity (Wildman–Crippen MR) is 62.6 cm³/mol. The summed E-state index contributed by atoms with van der Waals surface area (Å²) in [5.74, 6) is 0.843. The Balaban J connectivity index is 2.85. The Hall–Kier alpha value is -1.22. The van der Waals surface area contributed by atoms with E-state index in [4.69, 9.17) is 10.5 Å². The molecule has 0 bridgehead atoms. The second kappa shape index (κ2) is 3.50. The van der Waals surface area contributed by atoms with Crippen molar-refractivity contribution in [3.05, 3.63) is 34.8 Å². The summed E-state index contributed by atoms with van der Waals surface area (Å²) in [5, 5.41) is 2.05. The van der Waals surface area contributed by atoms with Gasteiger partial charge in [0.05, 0.1) is 7.11 Å². The summed E-state index contributed by atoms with van der Waals surface area (Å²) in [7, 11) is 1.66. The van der Waals surface area contributed by atoms with E-state index in [0.29, 0.717) is 0 Å². The lowest BCUT2D eigenvalue weighted by molar-refractivity contribution is 0.420. The van der Waals surface area contributed by atoms with Gasteiger partial charge < -0.3 is 10.5 Å². The molecule has 0 aliphatic carbocycles. The molecule has 0 aliphatic heterocycles. The first-order valence-corrected chi connectivity index (χ1v) is 5.03. The van der Waals surface area contributed by atoms with Crippen LogP contribution >= 0.6 is 15.9 Å². The summed E-state index contributed by atoms with van der Waals surface area (Å²) >= 11 is 3.42. The van der Waals surface area contributed by atoms with Crippen molar-refractivity contribution in [2.45, 2.75) is 0 Å². The standard InChI is InChI=1S/C11H10BrNO/c1-14-11-5-4-10(13)8-3-2-7(12)6-9(8)11/h2-6H,13H2,1H3. The Bertz CT molecular complexity index is 482. The molecule has 0 saturated heterocycles. The average Bonchev–Trinajstić information content (AvgIpc) is 2.18. The number of hydrogen-bond acceptors (Lipinski definition) is 2. The van der Waals surface area contributed by atoms with Crippen molar-refractivity contribution < 1.29 is 4.74 Å². The summed E-state index contributed by atoms with van der Waals surface area (Å²) < 4.78 is 6.28. The molecule has 2 aromatic carbocycles. The number of benzene rings is 2. The molecule has 2 rings (SSSR count). The molecule has 0 radical (unpaired) electrons. The molecular weight excluding hydrogens is 242 g/mol. The van der Waals surface area contributed by atoms with E-state index in [0.717, 1.165) is 26.7 Å². The minimum absolute atomic E-state index is 0.772. The molecule has 2 N–H and O–H groups in total. The number of rotatable bonds is 1. The molecule has 0 amide bonds.